The Morgan fingerprint density at radius 3 is 3.00 bits per heavy atom. The van der Waals surface area contributed by atoms with Gasteiger partial charge in [-0.25, -0.2) is 4.98 Å². The number of phenolic OH excluding ortho intramolecular Hbond substituents is 1. The lowest BCUT2D eigenvalue weighted by atomic mass is 10.2. The number of fused-ring (bicyclic) bond motifs is 1. The number of nitrogens with zero attached hydrogens (tertiary/aromatic N) is 2. The van der Waals surface area contributed by atoms with Crippen molar-refractivity contribution in [2.45, 2.75) is 19.9 Å². The molecular weight excluding hydrogens is 314 g/mol. The van der Waals surface area contributed by atoms with Gasteiger partial charge in [-0.1, -0.05) is 6.07 Å². The van der Waals surface area contributed by atoms with Crippen LogP contribution >= 0.6 is 11.3 Å². The maximum atomic E-state index is 12.2. The first kappa shape index (κ1) is 15.2. The van der Waals surface area contributed by atoms with Crippen molar-refractivity contribution in [3.63, 3.8) is 0 Å². The van der Waals surface area contributed by atoms with E-state index in [-0.39, 0.29) is 30.2 Å². The molecule has 0 fully saturated rings. The lowest BCUT2D eigenvalue weighted by molar-refractivity contribution is -0.116. The zero-order valence-corrected chi connectivity index (χ0v) is 13.3. The molecule has 0 spiro atoms. The topological polar surface area (TPSA) is 84.2 Å². The first-order chi connectivity index (χ1) is 11.0. The Bertz CT molecular complexity index is 930. The van der Waals surface area contributed by atoms with Crippen LogP contribution in [0, 0.1) is 6.92 Å². The van der Waals surface area contributed by atoms with Gasteiger partial charge in [0.2, 0.25) is 5.91 Å². The number of amides is 1. The molecule has 6 nitrogen and oxygen atoms in total. The highest BCUT2D eigenvalue weighted by Crippen LogP contribution is 2.23. The van der Waals surface area contributed by atoms with Crippen molar-refractivity contribution in [2.24, 2.45) is 0 Å². The van der Waals surface area contributed by atoms with Crippen LogP contribution in [-0.4, -0.2) is 20.6 Å². The summed E-state index contributed by atoms with van der Waals surface area (Å²) in [7, 11) is 0. The summed E-state index contributed by atoms with van der Waals surface area (Å²) in [4.78, 5) is 29.1. The van der Waals surface area contributed by atoms with Gasteiger partial charge in [0.1, 0.15) is 10.6 Å². The quantitative estimate of drug-likeness (QED) is 0.720. The Labute approximate surface area is 136 Å². The van der Waals surface area contributed by atoms with Crippen LogP contribution in [0.5, 0.6) is 5.75 Å². The number of hydrogen-bond donors (Lipinski definition) is 2. The Balaban J connectivity index is 1.68. The van der Waals surface area contributed by atoms with Crippen molar-refractivity contribution in [3.8, 4) is 5.75 Å². The van der Waals surface area contributed by atoms with Gasteiger partial charge in [0.15, 0.2) is 0 Å². The summed E-state index contributed by atoms with van der Waals surface area (Å²) in [6.07, 6.45) is 1.57. The minimum absolute atomic E-state index is 0.0249. The third-order valence-electron chi connectivity index (χ3n) is 3.46. The number of carbonyl (C=O) groups excluding carboxylic acids is 1. The second-order valence-corrected chi connectivity index (χ2v) is 6.10. The normalized spacial score (nSPS) is 10.8. The number of phenols is 1. The molecule has 0 radical (unpaired) electrons. The minimum atomic E-state index is -0.276. The smallest absolute Gasteiger partial charge is 0.262 e. The number of nitrogens with one attached hydrogen (secondary N) is 1. The molecule has 0 aliphatic heterocycles. The molecule has 0 unspecified atom stereocenters. The van der Waals surface area contributed by atoms with Crippen molar-refractivity contribution >= 4 is 33.1 Å². The standard InChI is InChI=1S/C16H15N3O3S/c1-10-2-3-12(13(20)8-10)18-14(21)4-6-19-9-17-15-11(16(19)22)5-7-23-15/h2-3,5,7-9,20H,4,6H2,1H3,(H,18,21). The average molecular weight is 329 g/mol. The third-order valence-corrected chi connectivity index (χ3v) is 4.28. The molecule has 0 aliphatic rings. The Morgan fingerprint density at radius 1 is 1.39 bits per heavy atom. The summed E-state index contributed by atoms with van der Waals surface area (Å²) in [6.45, 7) is 2.08. The monoisotopic (exact) mass is 329 g/mol. The maximum Gasteiger partial charge on any atom is 0.262 e. The highest BCUT2D eigenvalue weighted by Gasteiger charge is 2.09. The molecule has 2 N–H and O–H groups in total. The van der Waals surface area contributed by atoms with Crippen LogP contribution < -0.4 is 10.9 Å². The van der Waals surface area contributed by atoms with Gasteiger partial charge in [0.05, 0.1) is 17.4 Å². The van der Waals surface area contributed by atoms with E-state index >= 15 is 0 Å². The zero-order valence-electron chi connectivity index (χ0n) is 12.4. The third kappa shape index (κ3) is 3.24. The zero-order chi connectivity index (χ0) is 16.4. The first-order valence-corrected chi connectivity index (χ1v) is 7.94. The van der Waals surface area contributed by atoms with Crippen LogP contribution in [0.1, 0.15) is 12.0 Å². The van der Waals surface area contributed by atoms with Crippen molar-refractivity contribution in [2.75, 3.05) is 5.32 Å². The summed E-state index contributed by atoms with van der Waals surface area (Å²) in [6, 6.07) is 6.76. The summed E-state index contributed by atoms with van der Waals surface area (Å²) in [5.74, 6) is -0.252. The molecule has 118 valence electrons. The van der Waals surface area contributed by atoms with E-state index < -0.39 is 0 Å². The number of hydrogen-bond acceptors (Lipinski definition) is 5. The molecule has 0 aliphatic carbocycles. The lowest BCUT2D eigenvalue weighted by Crippen LogP contribution is -2.23. The number of thiophene rings is 1. The Morgan fingerprint density at radius 2 is 2.22 bits per heavy atom. The minimum Gasteiger partial charge on any atom is -0.506 e. The van der Waals surface area contributed by atoms with Gasteiger partial charge in [-0.3, -0.25) is 14.2 Å². The summed E-state index contributed by atoms with van der Waals surface area (Å²) in [5.41, 5.74) is 1.11. The predicted octanol–water partition coefficient (Wildman–Crippen LogP) is 2.50. The molecule has 7 heteroatoms. The fourth-order valence-electron chi connectivity index (χ4n) is 2.23. The second kappa shape index (κ2) is 6.21. The average Bonchev–Trinajstić information content (AvgIpc) is 2.99. The molecule has 0 saturated carbocycles. The summed E-state index contributed by atoms with van der Waals surface area (Å²) in [5, 5.41) is 14.8. The highest BCUT2D eigenvalue weighted by atomic mass is 32.1. The molecular formula is C16H15N3O3S. The van der Waals surface area contributed by atoms with E-state index in [1.807, 2.05) is 12.3 Å². The largest absolute Gasteiger partial charge is 0.506 e. The molecule has 0 saturated heterocycles. The van der Waals surface area contributed by atoms with Crippen molar-refractivity contribution in [1.82, 2.24) is 9.55 Å². The number of carbonyl (C=O) groups is 1. The van der Waals surface area contributed by atoms with E-state index in [1.165, 1.54) is 22.2 Å². The van der Waals surface area contributed by atoms with Crippen LogP contribution in [0.4, 0.5) is 5.69 Å². The Kier molecular flexibility index (Phi) is 4.12. The van der Waals surface area contributed by atoms with Crippen LogP contribution in [0.3, 0.4) is 0 Å². The fraction of sp³-hybridized carbons (Fsp3) is 0.188. The van der Waals surface area contributed by atoms with E-state index in [2.05, 4.69) is 10.3 Å². The van der Waals surface area contributed by atoms with Gasteiger partial charge >= 0.3 is 0 Å². The number of benzene rings is 1. The molecule has 2 aromatic heterocycles. The van der Waals surface area contributed by atoms with Crippen molar-refractivity contribution in [1.29, 1.82) is 0 Å². The van der Waals surface area contributed by atoms with E-state index in [1.54, 1.807) is 24.3 Å². The van der Waals surface area contributed by atoms with Gasteiger partial charge in [-0.05, 0) is 36.1 Å². The number of aryl methyl sites for hydroxylation is 2. The molecule has 3 aromatic rings. The van der Waals surface area contributed by atoms with E-state index in [9.17, 15) is 14.7 Å². The Hall–Kier alpha value is -2.67. The molecule has 1 amide bonds. The predicted molar refractivity (Wildman–Crippen MR) is 90.0 cm³/mol. The van der Waals surface area contributed by atoms with Gasteiger partial charge in [0, 0.05) is 13.0 Å². The molecule has 2 heterocycles. The SMILES string of the molecule is Cc1ccc(NC(=O)CCn2cnc3sccc3c2=O)c(O)c1. The summed E-state index contributed by atoms with van der Waals surface area (Å²) >= 11 is 1.41. The lowest BCUT2D eigenvalue weighted by Gasteiger charge is -2.09. The highest BCUT2D eigenvalue weighted by molar-refractivity contribution is 7.16. The molecule has 0 atom stereocenters. The van der Waals surface area contributed by atoms with Crippen LogP contribution in [0.2, 0.25) is 0 Å². The molecule has 1 aromatic carbocycles. The first-order valence-electron chi connectivity index (χ1n) is 7.07. The van der Waals surface area contributed by atoms with Crippen molar-refractivity contribution in [3.05, 3.63) is 51.9 Å². The number of aromatic hydroxyl groups is 1. The number of anilines is 1. The van der Waals surface area contributed by atoms with Crippen molar-refractivity contribution < 1.29 is 9.90 Å². The van der Waals surface area contributed by atoms with Crippen LogP contribution in [-0.2, 0) is 11.3 Å². The molecule has 0 bridgehead atoms. The van der Waals surface area contributed by atoms with E-state index in [0.717, 1.165) is 5.56 Å². The number of aromatic nitrogens is 2. The van der Waals surface area contributed by atoms with E-state index in [0.29, 0.717) is 15.9 Å². The van der Waals surface area contributed by atoms with Crippen LogP contribution in [0.25, 0.3) is 10.2 Å². The van der Waals surface area contributed by atoms with Gasteiger partial charge in [0.25, 0.3) is 5.56 Å². The second-order valence-electron chi connectivity index (χ2n) is 5.20. The molecule has 3 rings (SSSR count). The van der Waals surface area contributed by atoms with Gasteiger partial charge in [-0.2, -0.15) is 0 Å². The van der Waals surface area contributed by atoms with Crippen LogP contribution in [0.15, 0.2) is 40.8 Å². The molecule has 23 heavy (non-hydrogen) atoms. The van der Waals surface area contributed by atoms with Gasteiger partial charge in [-0.15, -0.1) is 11.3 Å². The fourth-order valence-corrected chi connectivity index (χ4v) is 2.96. The maximum absolute atomic E-state index is 12.2. The number of rotatable bonds is 4. The van der Waals surface area contributed by atoms with Gasteiger partial charge < -0.3 is 10.4 Å². The summed E-state index contributed by atoms with van der Waals surface area (Å²) < 4.78 is 1.42. The van der Waals surface area contributed by atoms with E-state index in [4.69, 9.17) is 0 Å².